The molecule has 22 heavy (non-hydrogen) atoms. The fourth-order valence-corrected chi connectivity index (χ4v) is 2.81. The molecule has 0 spiro atoms. The Morgan fingerprint density at radius 1 is 1.55 bits per heavy atom. The molecule has 1 saturated heterocycles. The molecule has 0 aromatic heterocycles. The Kier molecular flexibility index (Phi) is 6.60. The van der Waals surface area contributed by atoms with Gasteiger partial charge in [0, 0.05) is 13.2 Å². The van der Waals surface area contributed by atoms with Gasteiger partial charge >= 0.3 is 0 Å². The standard InChI is InChI=1S/C15H20BrN3O2S/c1-10(11-5-6-14(20-2)13(16)8-11)18-19-15(22)17-9-12-4-3-7-21-12/h5-6,8,12H,3-4,7,9H2,1-2H3,(H2,17,19,22)/b18-10-/t12-/m0/s1. The number of ether oxygens (including phenoxy) is 2. The first kappa shape index (κ1) is 17.2. The first-order valence-electron chi connectivity index (χ1n) is 7.14. The van der Waals surface area contributed by atoms with E-state index >= 15 is 0 Å². The fraction of sp³-hybridized carbons (Fsp3) is 0.467. The molecule has 0 radical (unpaired) electrons. The Morgan fingerprint density at radius 2 is 2.36 bits per heavy atom. The fourth-order valence-electron chi connectivity index (χ4n) is 2.14. The van der Waals surface area contributed by atoms with E-state index in [4.69, 9.17) is 21.7 Å². The molecule has 7 heteroatoms. The molecular weight excluding hydrogens is 366 g/mol. The van der Waals surface area contributed by atoms with Gasteiger partial charge in [-0.25, -0.2) is 0 Å². The highest BCUT2D eigenvalue weighted by Gasteiger charge is 2.15. The van der Waals surface area contributed by atoms with Crippen LogP contribution < -0.4 is 15.5 Å². The number of hydrogen-bond acceptors (Lipinski definition) is 4. The third kappa shape index (κ3) is 4.93. The molecular formula is C15H20BrN3O2S. The lowest BCUT2D eigenvalue weighted by atomic mass is 10.1. The van der Waals surface area contributed by atoms with Crippen molar-refractivity contribution in [2.24, 2.45) is 5.10 Å². The number of rotatable bonds is 5. The van der Waals surface area contributed by atoms with Crippen molar-refractivity contribution in [1.82, 2.24) is 10.7 Å². The number of nitrogens with one attached hydrogen (secondary N) is 2. The molecule has 5 nitrogen and oxygen atoms in total. The van der Waals surface area contributed by atoms with Crippen LogP contribution in [0.1, 0.15) is 25.3 Å². The van der Waals surface area contributed by atoms with Crippen LogP contribution in [0.25, 0.3) is 0 Å². The van der Waals surface area contributed by atoms with Crippen LogP contribution in [0.5, 0.6) is 5.75 Å². The lowest BCUT2D eigenvalue weighted by molar-refractivity contribution is 0.114. The van der Waals surface area contributed by atoms with Gasteiger partial charge in [-0.2, -0.15) is 5.10 Å². The van der Waals surface area contributed by atoms with Crippen LogP contribution in [0, 0.1) is 0 Å². The second-order valence-corrected chi connectivity index (χ2v) is 6.27. The molecule has 1 fully saturated rings. The second-order valence-electron chi connectivity index (χ2n) is 5.00. The van der Waals surface area contributed by atoms with Gasteiger partial charge in [-0.05, 0) is 71.7 Å². The van der Waals surface area contributed by atoms with Gasteiger partial charge in [-0.3, -0.25) is 5.43 Å². The minimum absolute atomic E-state index is 0.252. The summed E-state index contributed by atoms with van der Waals surface area (Å²) in [6.07, 6.45) is 2.45. The van der Waals surface area contributed by atoms with Crippen molar-refractivity contribution >= 4 is 39.0 Å². The maximum absolute atomic E-state index is 5.53. The topological polar surface area (TPSA) is 54.9 Å². The average molecular weight is 386 g/mol. The summed E-state index contributed by atoms with van der Waals surface area (Å²) in [6, 6.07) is 5.81. The quantitative estimate of drug-likeness (QED) is 0.463. The van der Waals surface area contributed by atoms with Crippen LogP contribution in [-0.2, 0) is 4.74 Å². The lowest BCUT2D eigenvalue weighted by Gasteiger charge is -2.12. The Balaban J connectivity index is 1.85. The van der Waals surface area contributed by atoms with E-state index in [0.717, 1.165) is 40.9 Å². The highest BCUT2D eigenvalue weighted by Crippen LogP contribution is 2.25. The summed E-state index contributed by atoms with van der Waals surface area (Å²) in [6.45, 7) is 3.48. The molecule has 1 aliphatic rings. The third-order valence-electron chi connectivity index (χ3n) is 3.41. The van der Waals surface area contributed by atoms with Crippen molar-refractivity contribution in [1.29, 1.82) is 0 Å². The summed E-state index contributed by atoms with van der Waals surface area (Å²) in [4.78, 5) is 0. The molecule has 1 atom stereocenters. The van der Waals surface area contributed by atoms with Gasteiger partial charge in [0.05, 0.1) is 23.4 Å². The number of hydrogen-bond donors (Lipinski definition) is 2. The number of methoxy groups -OCH3 is 1. The Bertz CT molecular complexity index is 560. The van der Waals surface area contributed by atoms with E-state index in [1.807, 2.05) is 25.1 Å². The number of nitrogens with zero attached hydrogens (tertiary/aromatic N) is 1. The van der Waals surface area contributed by atoms with Gasteiger partial charge in [0.1, 0.15) is 5.75 Å². The van der Waals surface area contributed by atoms with Gasteiger partial charge in [0.2, 0.25) is 0 Å². The molecule has 0 bridgehead atoms. The summed E-state index contributed by atoms with van der Waals surface area (Å²) in [5.74, 6) is 0.790. The number of hydrazone groups is 1. The summed E-state index contributed by atoms with van der Waals surface area (Å²) >= 11 is 8.67. The van der Waals surface area contributed by atoms with Crippen LogP contribution in [0.15, 0.2) is 27.8 Å². The molecule has 2 rings (SSSR count). The summed E-state index contributed by atoms with van der Waals surface area (Å²) < 4.78 is 11.6. The Labute approximate surface area is 144 Å². The van der Waals surface area contributed by atoms with Crippen molar-refractivity contribution in [2.45, 2.75) is 25.9 Å². The molecule has 120 valence electrons. The molecule has 1 heterocycles. The van der Waals surface area contributed by atoms with Crippen LogP contribution >= 0.6 is 28.1 Å². The second kappa shape index (κ2) is 8.45. The van der Waals surface area contributed by atoms with Crippen molar-refractivity contribution in [3.63, 3.8) is 0 Å². The maximum Gasteiger partial charge on any atom is 0.187 e. The molecule has 0 saturated carbocycles. The first-order valence-corrected chi connectivity index (χ1v) is 8.34. The van der Waals surface area contributed by atoms with Gasteiger partial charge in [0.15, 0.2) is 5.11 Å². The lowest BCUT2D eigenvalue weighted by Crippen LogP contribution is -2.37. The van der Waals surface area contributed by atoms with Crippen molar-refractivity contribution < 1.29 is 9.47 Å². The maximum atomic E-state index is 5.53. The van der Waals surface area contributed by atoms with E-state index in [-0.39, 0.29) is 6.10 Å². The monoisotopic (exact) mass is 385 g/mol. The highest BCUT2D eigenvalue weighted by atomic mass is 79.9. The van der Waals surface area contributed by atoms with Crippen LogP contribution in [0.4, 0.5) is 0 Å². The van der Waals surface area contributed by atoms with Gasteiger partial charge in [-0.1, -0.05) is 0 Å². The van der Waals surface area contributed by atoms with E-state index in [1.165, 1.54) is 0 Å². The van der Waals surface area contributed by atoms with E-state index in [2.05, 4.69) is 31.8 Å². The molecule has 0 unspecified atom stereocenters. The van der Waals surface area contributed by atoms with Crippen LogP contribution in [0.2, 0.25) is 0 Å². The molecule has 1 aromatic rings. The normalized spacial score (nSPS) is 18.1. The molecule has 0 amide bonds. The molecule has 1 aromatic carbocycles. The zero-order valence-electron chi connectivity index (χ0n) is 12.7. The predicted molar refractivity (Wildman–Crippen MR) is 95.6 cm³/mol. The Hall–Kier alpha value is -1.18. The number of thiocarbonyl (C=S) groups is 1. The first-order chi connectivity index (χ1) is 10.6. The smallest absolute Gasteiger partial charge is 0.187 e. The predicted octanol–water partition coefficient (Wildman–Crippen LogP) is 2.82. The summed E-state index contributed by atoms with van der Waals surface area (Å²) in [7, 11) is 1.64. The zero-order valence-corrected chi connectivity index (χ0v) is 15.1. The molecule has 2 N–H and O–H groups in total. The van der Waals surface area contributed by atoms with Crippen molar-refractivity contribution in [3.8, 4) is 5.75 Å². The number of halogens is 1. The zero-order chi connectivity index (χ0) is 15.9. The summed E-state index contributed by atoms with van der Waals surface area (Å²) in [5, 5.41) is 7.92. The van der Waals surface area contributed by atoms with E-state index < -0.39 is 0 Å². The summed E-state index contributed by atoms with van der Waals surface area (Å²) in [5.41, 5.74) is 4.68. The van der Waals surface area contributed by atoms with E-state index in [9.17, 15) is 0 Å². The van der Waals surface area contributed by atoms with Gasteiger partial charge in [0.25, 0.3) is 0 Å². The minimum atomic E-state index is 0.252. The number of benzene rings is 1. The van der Waals surface area contributed by atoms with Gasteiger partial charge < -0.3 is 14.8 Å². The van der Waals surface area contributed by atoms with Crippen LogP contribution in [-0.4, -0.2) is 37.2 Å². The van der Waals surface area contributed by atoms with E-state index in [1.54, 1.807) is 7.11 Å². The third-order valence-corrected chi connectivity index (χ3v) is 4.26. The van der Waals surface area contributed by atoms with Gasteiger partial charge in [-0.15, -0.1) is 0 Å². The average Bonchev–Trinajstić information content (AvgIpc) is 3.03. The largest absolute Gasteiger partial charge is 0.496 e. The Morgan fingerprint density at radius 3 is 3.00 bits per heavy atom. The van der Waals surface area contributed by atoms with Crippen LogP contribution in [0.3, 0.4) is 0 Å². The van der Waals surface area contributed by atoms with E-state index in [0.29, 0.717) is 11.7 Å². The van der Waals surface area contributed by atoms with Crippen molar-refractivity contribution in [2.75, 3.05) is 20.3 Å². The highest BCUT2D eigenvalue weighted by molar-refractivity contribution is 9.10. The molecule has 1 aliphatic heterocycles. The minimum Gasteiger partial charge on any atom is -0.496 e. The SMILES string of the molecule is COc1ccc(/C(C)=N\NC(=S)NC[C@@H]2CCCO2)cc1Br. The van der Waals surface area contributed by atoms with Crippen molar-refractivity contribution in [3.05, 3.63) is 28.2 Å². The molecule has 0 aliphatic carbocycles.